The van der Waals surface area contributed by atoms with Crippen molar-refractivity contribution in [2.24, 2.45) is 5.14 Å². The van der Waals surface area contributed by atoms with Gasteiger partial charge in [0.1, 0.15) is 10.6 Å². The molecular weight excluding hydrogens is 270 g/mol. The zero-order chi connectivity index (χ0) is 14.5. The molecule has 0 heterocycles. The molecule has 1 rings (SSSR count). The van der Waals surface area contributed by atoms with E-state index < -0.39 is 16.0 Å². The van der Waals surface area contributed by atoms with Crippen molar-refractivity contribution in [3.8, 4) is 5.75 Å². The number of rotatable bonds is 7. The quantitative estimate of drug-likeness (QED) is 0.741. The van der Waals surface area contributed by atoms with Crippen molar-refractivity contribution in [1.82, 2.24) is 0 Å². The zero-order valence-corrected chi connectivity index (χ0v) is 11.4. The number of carboxylic acids is 1. The van der Waals surface area contributed by atoms with E-state index in [1.807, 2.05) is 6.92 Å². The number of aromatic carboxylic acids is 1. The molecule has 0 aliphatic heterocycles. The lowest BCUT2D eigenvalue weighted by Gasteiger charge is -2.10. The number of sulfonamides is 1. The van der Waals surface area contributed by atoms with Crippen molar-refractivity contribution in [2.75, 3.05) is 6.61 Å². The summed E-state index contributed by atoms with van der Waals surface area (Å²) in [6.45, 7) is 2.40. The Kier molecular flexibility index (Phi) is 5.31. The molecule has 0 unspecified atom stereocenters. The van der Waals surface area contributed by atoms with Crippen LogP contribution in [0.5, 0.6) is 5.75 Å². The van der Waals surface area contributed by atoms with Crippen LogP contribution in [0.4, 0.5) is 0 Å². The Morgan fingerprint density at radius 2 is 2.05 bits per heavy atom. The van der Waals surface area contributed by atoms with Crippen molar-refractivity contribution in [3.05, 3.63) is 23.8 Å². The summed E-state index contributed by atoms with van der Waals surface area (Å²) in [6, 6.07) is 3.61. The van der Waals surface area contributed by atoms with Crippen molar-refractivity contribution in [2.45, 2.75) is 31.1 Å². The molecule has 6 nitrogen and oxygen atoms in total. The van der Waals surface area contributed by atoms with E-state index in [2.05, 4.69) is 0 Å². The maximum absolute atomic E-state index is 11.4. The maximum atomic E-state index is 11.4. The summed E-state index contributed by atoms with van der Waals surface area (Å²) >= 11 is 0. The number of unbranched alkanes of at least 4 members (excludes halogenated alkanes) is 2. The van der Waals surface area contributed by atoms with Crippen LogP contribution in [0, 0.1) is 0 Å². The molecule has 0 saturated carbocycles. The molecule has 0 spiro atoms. The third-order valence-corrected chi connectivity index (χ3v) is 3.43. The summed E-state index contributed by atoms with van der Waals surface area (Å²) in [6.07, 6.45) is 2.78. The fraction of sp³-hybridized carbons (Fsp3) is 0.417. The largest absolute Gasteiger partial charge is 0.492 e. The van der Waals surface area contributed by atoms with Gasteiger partial charge in [-0.15, -0.1) is 0 Å². The highest BCUT2D eigenvalue weighted by Crippen LogP contribution is 2.24. The van der Waals surface area contributed by atoms with Gasteiger partial charge < -0.3 is 9.84 Å². The predicted molar refractivity (Wildman–Crippen MR) is 69.8 cm³/mol. The van der Waals surface area contributed by atoms with Crippen LogP contribution in [0.15, 0.2) is 23.1 Å². The van der Waals surface area contributed by atoms with E-state index in [9.17, 15) is 13.2 Å². The summed E-state index contributed by atoms with van der Waals surface area (Å²) in [5.41, 5.74) is -0.148. The molecule has 0 amide bonds. The van der Waals surface area contributed by atoms with Gasteiger partial charge >= 0.3 is 5.97 Å². The molecule has 3 N–H and O–H groups in total. The second kappa shape index (κ2) is 6.53. The van der Waals surface area contributed by atoms with Gasteiger partial charge in [0.15, 0.2) is 0 Å². The highest BCUT2D eigenvalue weighted by atomic mass is 32.2. The SMILES string of the molecule is CCCCCOc1ccc(C(=O)O)cc1S(N)(=O)=O. The highest BCUT2D eigenvalue weighted by Gasteiger charge is 2.18. The van der Waals surface area contributed by atoms with E-state index in [0.717, 1.165) is 25.3 Å². The molecule has 0 saturated heterocycles. The number of carboxylic acid groups (broad SMARTS) is 1. The van der Waals surface area contributed by atoms with Crippen LogP contribution in [0.2, 0.25) is 0 Å². The second-order valence-corrected chi connectivity index (χ2v) is 5.60. The Bertz CT molecular complexity index is 553. The number of carbonyl (C=O) groups is 1. The van der Waals surface area contributed by atoms with Crippen LogP contribution >= 0.6 is 0 Å². The summed E-state index contributed by atoms with van der Waals surface area (Å²) in [4.78, 5) is 10.5. The summed E-state index contributed by atoms with van der Waals surface area (Å²) in [5.74, 6) is -1.13. The molecule has 0 aliphatic carbocycles. The number of nitrogens with two attached hydrogens (primary N) is 1. The van der Waals surface area contributed by atoms with Crippen LogP contribution in [0.3, 0.4) is 0 Å². The van der Waals surface area contributed by atoms with Gasteiger partial charge in [-0.25, -0.2) is 18.4 Å². The number of primary sulfonamides is 1. The van der Waals surface area contributed by atoms with Crippen molar-refractivity contribution < 1.29 is 23.1 Å². The minimum Gasteiger partial charge on any atom is -0.492 e. The molecule has 0 aromatic heterocycles. The average molecular weight is 287 g/mol. The fourth-order valence-corrected chi connectivity index (χ4v) is 2.22. The first-order valence-electron chi connectivity index (χ1n) is 5.89. The van der Waals surface area contributed by atoms with Crippen LogP contribution in [0.1, 0.15) is 36.5 Å². The van der Waals surface area contributed by atoms with Gasteiger partial charge in [0.05, 0.1) is 12.2 Å². The van der Waals surface area contributed by atoms with E-state index in [1.54, 1.807) is 0 Å². The molecule has 0 radical (unpaired) electrons. The molecule has 0 fully saturated rings. The molecule has 106 valence electrons. The smallest absolute Gasteiger partial charge is 0.335 e. The van der Waals surface area contributed by atoms with E-state index in [-0.39, 0.29) is 16.2 Å². The highest BCUT2D eigenvalue weighted by molar-refractivity contribution is 7.89. The number of ether oxygens (including phenoxy) is 1. The summed E-state index contributed by atoms with van der Waals surface area (Å²) in [7, 11) is -4.02. The first-order chi connectivity index (χ1) is 8.86. The van der Waals surface area contributed by atoms with Gasteiger partial charge in [0.25, 0.3) is 0 Å². The van der Waals surface area contributed by atoms with E-state index in [4.69, 9.17) is 15.0 Å². The van der Waals surface area contributed by atoms with Gasteiger partial charge in [0, 0.05) is 0 Å². The predicted octanol–water partition coefficient (Wildman–Crippen LogP) is 1.60. The molecular formula is C12H17NO5S. The van der Waals surface area contributed by atoms with Gasteiger partial charge in [-0.3, -0.25) is 0 Å². The Morgan fingerprint density at radius 1 is 1.37 bits per heavy atom. The van der Waals surface area contributed by atoms with E-state index >= 15 is 0 Å². The Morgan fingerprint density at radius 3 is 2.58 bits per heavy atom. The van der Waals surface area contributed by atoms with Gasteiger partial charge in [-0.2, -0.15) is 0 Å². The Hall–Kier alpha value is -1.60. The normalized spacial score (nSPS) is 11.3. The number of benzene rings is 1. The van der Waals surface area contributed by atoms with Crippen molar-refractivity contribution in [1.29, 1.82) is 0 Å². The lowest BCUT2D eigenvalue weighted by atomic mass is 10.2. The number of hydrogen-bond acceptors (Lipinski definition) is 4. The summed E-state index contributed by atoms with van der Waals surface area (Å²) in [5, 5.41) is 13.9. The molecule has 1 aromatic carbocycles. The minimum atomic E-state index is -4.02. The second-order valence-electron chi connectivity index (χ2n) is 4.07. The standard InChI is InChI=1S/C12H17NO5S/c1-2-3-4-7-18-10-6-5-9(12(14)15)8-11(10)19(13,16)17/h5-6,8H,2-4,7H2,1H3,(H,14,15)(H2,13,16,17). The van der Waals surface area contributed by atoms with Crippen molar-refractivity contribution >= 4 is 16.0 Å². The van der Waals surface area contributed by atoms with E-state index in [1.165, 1.54) is 12.1 Å². The zero-order valence-electron chi connectivity index (χ0n) is 10.6. The molecule has 7 heteroatoms. The number of hydrogen-bond donors (Lipinski definition) is 2. The lowest BCUT2D eigenvalue weighted by molar-refractivity contribution is 0.0696. The fourth-order valence-electron chi connectivity index (χ4n) is 1.52. The molecule has 0 bridgehead atoms. The molecule has 19 heavy (non-hydrogen) atoms. The molecule has 0 atom stereocenters. The Labute approximate surface area is 112 Å². The molecule has 1 aromatic rings. The third kappa shape index (κ3) is 4.53. The summed E-state index contributed by atoms with van der Waals surface area (Å²) < 4.78 is 28.2. The van der Waals surface area contributed by atoms with Gasteiger partial charge in [-0.1, -0.05) is 19.8 Å². The Balaban J connectivity index is 3.00. The monoisotopic (exact) mass is 287 g/mol. The van der Waals surface area contributed by atoms with Crippen LogP contribution in [0.25, 0.3) is 0 Å². The average Bonchev–Trinajstić information content (AvgIpc) is 2.33. The van der Waals surface area contributed by atoms with Gasteiger partial charge in [-0.05, 0) is 24.6 Å². The van der Waals surface area contributed by atoms with Crippen LogP contribution < -0.4 is 9.88 Å². The first-order valence-corrected chi connectivity index (χ1v) is 7.44. The van der Waals surface area contributed by atoms with Crippen LogP contribution in [-0.4, -0.2) is 26.1 Å². The van der Waals surface area contributed by atoms with Gasteiger partial charge in [0.2, 0.25) is 10.0 Å². The maximum Gasteiger partial charge on any atom is 0.335 e. The van der Waals surface area contributed by atoms with Crippen molar-refractivity contribution in [3.63, 3.8) is 0 Å². The third-order valence-electron chi connectivity index (χ3n) is 2.50. The topological polar surface area (TPSA) is 107 Å². The first kappa shape index (κ1) is 15.5. The minimum absolute atomic E-state index is 0.0867. The lowest BCUT2D eigenvalue weighted by Crippen LogP contribution is -2.15. The van der Waals surface area contributed by atoms with Crippen LogP contribution in [-0.2, 0) is 10.0 Å². The van der Waals surface area contributed by atoms with E-state index in [0.29, 0.717) is 6.61 Å². The molecule has 0 aliphatic rings.